The number of aliphatic hydroxyl groups is 1. The van der Waals surface area contributed by atoms with E-state index in [9.17, 15) is 23.1 Å². The van der Waals surface area contributed by atoms with Crippen molar-refractivity contribution in [2.75, 3.05) is 13.1 Å². The van der Waals surface area contributed by atoms with Crippen LogP contribution in [0.4, 0.5) is 18.0 Å². The van der Waals surface area contributed by atoms with E-state index < -0.39 is 18.2 Å². The van der Waals surface area contributed by atoms with Crippen molar-refractivity contribution in [2.24, 2.45) is 11.8 Å². The van der Waals surface area contributed by atoms with Gasteiger partial charge in [-0.2, -0.15) is 13.2 Å². The largest absolute Gasteiger partial charge is 0.414 e. The van der Waals surface area contributed by atoms with Crippen LogP contribution in [-0.2, 0) is 0 Å². The number of likely N-dealkylation sites (tertiary alicyclic amines) is 1. The maximum absolute atomic E-state index is 12.5. The number of rotatable bonds is 2. The van der Waals surface area contributed by atoms with Crippen LogP contribution in [0.15, 0.2) is 0 Å². The molecule has 2 rings (SSSR count). The molecule has 2 N–H and O–H groups in total. The van der Waals surface area contributed by atoms with Gasteiger partial charge in [0, 0.05) is 19.1 Å². The molecule has 1 aliphatic carbocycles. The number of alkyl halides is 3. The molecule has 0 aromatic rings. The fourth-order valence-electron chi connectivity index (χ4n) is 3.52. The van der Waals surface area contributed by atoms with Crippen molar-refractivity contribution in [3.63, 3.8) is 0 Å². The number of amides is 2. The highest BCUT2D eigenvalue weighted by molar-refractivity contribution is 5.74. The summed E-state index contributed by atoms with van der Waals surface area (Å²) in [5.41, 5.74) is 0. The molecule has 0 aromatic heterocycles. The molecule has 1 aliphatic heterocycles. The number of carbonyl (C=O) groups excluding carboxylic acids is 1. The van der Waals surface area contributed by atoms with Gasteiger partial charge in [-0.3, -0.25) is 0 Å². The quantitative estimate of drug-likeness (QED) is 0.821. The molecular formula is C15H25F3N2O2. The van der Waals surface area contributed by atoms with E-state index in [1.165, 1.54) is 6.42 Å². The van der Waals surface area contributed by atoms with Gasteiger partial charge >= 0.3 is 12.2 Å². The van der Waals surface area contributed by atoms with Gasteiger partial charge in [-0.25, -0.2) is 4.79 Å². The third-order valence-electron chi connectivity index (χ3n) is 4.87. The Morgan fingerprint density at radius 2 is 1.86 bits per heavy atom. The molecule has 2 fully saturated rings. The molecule has 2 amide bonds. The minimum absolute atomic E-state index is 0.176. The molecule has 4 nitrogen and oxygen atoms in total. The Labute approximate surface area is 129 Å². The Morgan fingerprint density at radius 1 is 1.23 bits per heavy atom. The number of halogens is 3. The van der Waals surface area contributed by atoms with E-state index in [1.54, 1.807) is 4.90 Å². The zero-order valence-corrected chi connectivity index (χ0v) is 12.9. The van der Waals surface area contributed by atoms with E-state index >= 15 is 0 Å². The maximum atomic E-state index is 12.5. The van der Waals surface area contributed by atoms with Gasteiger partial charge in [-0.1, -0.05) is 19.8 Å². The second-order valence-electron chi connectivity index (χ2n) is 6.73. The molecule has 3 atom stereocenters. The lowest BCUT2D eigenvalue weighted by molar-refractivity contribution is -0.222. The number of carbonyl (C=O) groups is 1. The summed E-state index contributed by atoms with van der Waals surface area (Å²) in [5.74, 6) is -0.203. The van der Waals surface area contributed by atoms with Crippen LogP contribution in [0.25, 0.3) is 0 Å². The van der Waals surface area contributed by atoms with Crippen LogP contribution in [-0.4, -0.2) is 47.4 Å². The Bertz CT molecular complexity index is 381. The molecule has 0 bridgehead atoms. The third kappa shape index (κ3) is 4.51. The van der Waals surface area contributed by atoms with E-state index in [4.69, 9.17) is 0 Å². The molecule has 0 radical (unpaired) electrons. The molecule has 1 saturated heterocycles. The lowest BCUT2D eigenvalue weighted by Gasteiger charge is -2.36. The van der Waals surface area contributed by atoms with Gasteiger partial charge in [0.1, 0.15) is 0 Å². The lowest BCUT2D eigenvalue weighted by atomic mass is 9.87. The van der Waals surface area contributed by atoms with Gasteiger partial charge in [0.2, 0.25) is 0 Å². The first-order valence-electron chi connectivity index (χ1n) is 8.07. The first-order valence-corrected chi connectivity index (χ1v) is 8.07. The lowest BCUT2D eigenvalue weighted by Crippen LogP contribution is -2.50. The monoisotopic (exact) mass is 322 g/mol. The van der Waals surface area contributed by atoms with Crippen molar-refractivity contribution >= 4 is 6.03 Å². The maximum Gasteiger partial charge on any atom is 0.414 e. The number of piperidine rings is 1. The molecule has 0 aromatic carbocycles. The normalized spacial score (nSPS) is 29.2. The molecule has 128 valence electrons. The van der Waals surface area contributed by atoms with Gasteiger partial charge in [0.05, 0.1) is 0 Å². The number of urea groups is 1. The van der Waals surface area contributed by atoms with E-state index in [0.717, 1.165) is 19.3 Å². The average molecular weight is 322 g/mol. The number of nitrogens with zero attached hydrogens (tertiary/aromatic N) is 1. The van der Waals surface area contributed by atoms with Gasteiger partial charge in [-0.15, -0.1) is 0 Å². The molecule has 2 aliphatic rings. The van der Waals surface area contributed by atoms with Crippen LogP contribution < -0.4 is 5.32 Å². The zero-order chi connectivity index (χ0) is 16.3. The third-order valence-corrected chi connectivity index (χ3v) is 4.87. The fraction of sp³-hybridized carbons (Fsp3) is 0.933. The van der Waals surface area contributed by atoms with Crippen LogP contribution in [0.2, 0.25) is 0 Å². The summed E-state index contributed by atoms with van der Waals surface area (Å²) in [5, 5.41) is 12.3. The van der Waals surface area contributed by atoms with Crippen LogP contribution in [0, 0.1) is 11.8 Å². The SMILES string of the molecule is CC1CCCC(NC(=O)N2CCC(C(O)C(F)(F)F)CC2)C1. The van der Waals surface area contributed by atoms with Gasteiger partial charge < -0.3 is 15.3 Å². The predicted molar refractivity (Wildman–Crippen MR) is 76.3 cm³/mol. The summed E-state index contributed by atoms with van der Waals surface area (Å²) < 4.78 is 37.5. The smallest absolute Gasteiger partial charge is 0.383 e. The summed E-state index contributed by atoms with van der Waals surface area (Å²) in [6.45, 7) is 2.71. The van der Waals surface area contributed by atoms with Crippen LogP contribution in [0.5, 0.6) is 0 Å². The fourth-order valence-corrected chi connectivity index (χ4v) is 3.52. The minimum atomic E-state index is -4.58. The summed E-state index contributed by atoms with van der Waals surface area (Å²) in [6, 6.07) is -0.00575. The second kappa shape index (κ2) is 7.06. The highest BCUT2D eigenvalue weighted by Crippen LogP contribution is 2.31. The van der Waals surface area contributed by atoms with E-state index in [0.29, 0.717) is 5.92 Å². The number of nitrogens with one attached hydrogen (secondary N) is 1. The molecule has 1 heterocycles. The van der Waals surface area contributed by atoms with Crippen LogP contribution >= 0.6 is 0 Å². The Balaban J connectivity index is 1.77. The molecule has 0 spiro atoms. The highest BCUT2D eigenvalue weighted by Gasteiger charge is 2.44. The van der Waals surface area contributed by atoms with Gasteiger partial charge in [0.25, 0.3) is 0 Å². The van der Waals surface area contributed by atoms with Crippen molar-refractivity contribution in [2.45, 2.75) is 63.8 Å². The molecular weight excluding hydrogens is 297 g/mol. The summed E-state index contributed by atoms with van der Waals surface area (Å²) >= 11 is 0. The average Bonchev–Trinajstić information content (AvgIpc) is 2.45. The Morgan fingerprint density at radius 3 is 2.41 bits per heavy atom. The zero-order valence-electron chi connectivity index (χ0n) is 12.9. The summed E-state index contributed by atoms with van der Waals surface area (Å²) in [4.78, 5) is 13.7. The van der Waals surface area contributed by atoms with Crippen molar-refractivity contribution < 1.29 is 23.1 Å². The number of hydrogen-bond donors (Lipinski definition) is 2. The molecule has 22 heavy (non-hydrogen) atoms. The first kappa shape index (κ1) is 17.4. The Kier molecular flexibility index (Phi) is 5.58. The van der Waals surface area contributed by atoms with Crippen LogP contribution in [0.3, 0.4) is 0 Å². The summed E-state index contributed by atoms with van der Waals surface area (Å²) in [6.07, 6.45) is -2.25. The van der Waals surface area contributed by atoms with Crippen molar-refractivity contribution in [3.8, 4) is 0 Å². The molecule has 1 saturated carbocycles. The standard InChI is InChI=1S/C15H25F3N2O2/c1-10-3-2-4-12(9-10)19-14(22)20-7-5-11(6-8-20)13(21)15(16,17)18/h10-13,21H,2-9H2,1H3,(H,19,22). The predicted octanol–water partition coefficient (Wildman–Crippen LogP) is 2.91. The Hall–Kier alpha value is -0.980. The van der Waals surface area contributed by atoms with Crippen molar-refractivity contribution in [1.82, 2.24) is 10.2 Å². The van der Waals surface area contributed by atoms with E-state index in [2.05, 4.69) is 12.2 Å². The first-order chi connectivity index (χ1) is 10.3. The van der Waals surface area contributed by atoms with Gasteiger partial charge in [-0.05, 0) is 37.5 Å². The number of aliphatic hydroxyl groups excluding tert-OH is 1. The van der Waals surface area contributed by atoms with Crippen molar-refractivity contribution in [3.05, 3.63) is 0 Å². The molecule has 7 heteroatoms. The molecule has 3 unspecified atom stereocenters. The second-order valence-corrected chi connectivity index (χ2v) is 6.73. The van der Waals surface area contributed by atoms with Gasteiger partial charge in [0.15, 0.2) is 6.10 Å². The summed E-state index contributed by atoms with van der Waals surface area (Å²) in [7, 11) is 0. The minimum Gasteiger partial charge on any atom is -0.383 e. The van der Waals surface area contributed by atoms with Crippen molar-refractivity contribution in [1.29, 1.82) is 0 Å². The van der Waals surface area contributed by atoms with E-state index in [-0.39, 0.29) is 38.0 Å². The van der Waals surface area contributed by atoms with Crippen LogP contribution in [0.1, 0.15) is 45.4 Å². The highest BCUT2D eigenvalue weighted by atomic mass is 19.4. The van der Waals surface area contributed by atoms with E-state index in [1.807, 2.05) is 0 Å². The topological polar surface area (TPSA) is 52.6 Å². The number of hydrogen-bond acceptors (Lipinski definition) is 2.